The van der Waals surface area contributed by atoms with Crippen LogP contribution in [0.1, 0.15) is 0 Å². The number of phenols is 1. The smallest absolute Gasteiger partial charge is 0.273 e. The normalized spacial score (nSPS) is 11.4. The van der Waals surface area contributed by atoms with Crippen LogP contribution in [0.4, 0.5) is 0 Å². The minimum absolute atomic E-state index is 0.141. The van der Waals surface area contributed by atoms with Gasteiger partial charge in [0, 0.05) is 22.5 Å². The molecule has 0 aliphatic rings. The molecule has 2 heterocycles. The average molecular weight is 230 g/mol. The van der Waals surface area contributed by atoms with Crippen LogP contribution in [0, 0.1) is 0 Å². The van der Waals surface area contributed by atoms with E-state index in [2.05, 4.69) is 4.98 Å². The van der Waals surface area contributed by atoms with E-state index in [1.807, 2.05) is 0 Å². The summed E-state index contributed by atoms with van der Waals surface area (Å²) in [4.78, 5) is 14.6. The second-order valence-electron chi connectivity index (χ2n) is 3.87. The van der Waals surface area contributed by atoms with E-state index in [1.54, 1.807) is 24.4 Å². The lowest BCUT2D eigenvalue weighted by Crippen LogP contribution is -2.10. The van der Waals surface area contributed by atoms with Gasteiger partial charge in [-0.25, -0.2) is 0 Å². The highest BCUT2D eigenvalue weighted by Gasteiger charge is 2.09. The zero-order chi connectivity index (χ0) is 12.0. The number of fused-ring (bicyclic) bond motifs is 3. The van der Waals surface area contributed by atoms with Crippen molar-refractivity contribution >= 4 is 21.8 Å². The first-order valence-corrected chi connectivity index (χ1v) is 5.15. The topological polar surface area (TPSA) is 78.2 Å². The van der Waals surface area contributed by atoms with Crippen molar-refractivity contribution in [2.45, 2.75) is 6.73 Å². The van der Waals surface area contributed by atoms with Gasteiger partial charge >= 0.3 is 0 Å². The van der Waals surface area contributed by atoms with Gasteiger partial charge < -0.3 is 19.8 Å². The fraction of sp³-hybridized carbons (Fsp3) is 0.0833. The molecule has 0 spiro atoms. The highest BCUT2D eigenvalue weighted by atomic mass is 16.3. The minimum atomic E-state index is -0.253. The number of aromatic amines is 1. The Balaban J connectivity index is 2.59. The maximum Gasteiger partial charge on any atom is 0.273 e. The number of aromatic nitrogens is 2. The third-order valence-electron chi connectivity index (χ3n) is 2.87. The van der Waals surface area contributed by atoms with Crippen molar-refractivity contribution in [3.63, 3.8) is 0 Å². The monoisotopic (exact) mass is 230 g/mol. The molecule has 5 heteroatoms. The van der Waals surface area contributed by atoms with Gasteiger partial charge in [-0.3, -0.25) is 4.79 Å². The summed E-state index contributed by atoms with van der Waals surface area (Å²) in [6.07, 6.45) is 1.64. The van der Waals surface area contributed by atoms with Crippen molar-refractivity contribution < 1.29 is 10.2 Å². The van der Waals surface area contributed by atoms with E-state index in [4.69, 9.17) is 5.11 Å². The van der Waals surface area contributed by atoms with Gasteiger partial charge in [0.25, 0.3) is 5.56 Å². The molecule has 0 amide bonds. The molecule has 0 saturated carbocycles. The summed E-state index contributed by atoms with van der Waals surface area (Å²) < 4.78 is 1.46. The molecule has 3 rings (SSSR count). The van der Waals surface area contributed by atoms with Crippen LogP contribution in [-0.4, -0.2) is 19.8 Å². The molecule has 5 nitrogen and oxygen atoms in total. The van der Waals surface area contributed by atoms with E-state index in [-0.39, 0.29) is 18.0 Å². The van der Waals surface area contributed by atoms with Gasteiger partial charge in [-0.1, -0.05) is 0 Å². The summed E-state index contributed by atoms with van der Waals surface area (Å²) in [5, 5.41) is 20.1. The number of pyridine rings is 1. The number of H-pyrrole nitrogens is 1. The molecule has 0 saturated heterocycles. The molecule has 0 bridgehead atoms. The number of aliphatic hydroxyl groups is 1. The lowest BCUT2D eigenvalue weighted by molar-refractivity contribution is 0.215. The van der Waals surface area contributed by atoms with Crippen molar-refractivity contribution in [1.29, 1.82) is 0 Å². The van der Waals surface area contributed by atoms with E-state index < -0.39 is 0 Å². The van der Waals surface area contributed by atoms with Gasteiger partial charge in [-0.2, -0.15) is 0 Å². The summed E-state index contributed by atoms with van der Waals surface area (Å²) in [6, 6.07) is 6.52. The molecule has 17 heavy (non-hydrogen) atoms. The Morgan fingerprint density at radius 1 is 1.24 bits per heavy atom. The average Bonchev–Trinajstić information content (AvgIpc) is 2.75. The number of nitrogens with zero attached hydrogens (tertiary/aromatic N) is 1. The van der Waals surface area contributed by atoms with Crippen molar-refractivity contribution in [3.8, 4) is 5.75 Å². The summed E-state index contributed by atoms with van der Waals surface area (Å²) in [5.74, 6) is 0.141. The quantitative estimate of drug-likeness (QED) is 0.586. The maximum atomic E-state index is 11.9. The first-order chi connectivity index (χ1) is 8.20. The molecule has 3 N–H and O–H groups in total. The Kier molecular flexibility index (Phi) is 1.96. The lowest BCUT2D eigenvalue weighted by Gasteiger charge is -2.03. The zero-order valence-corrected chi connectivity index (χ0v) is 8.84. The Bertz CT molecular complexity index is 770. The largest absolute Gasteiger partial charge is 0.508 e. The van der Waals surface area contributed by atoms with Crippen LogP contribution in [0.5, 0.6) is 5.75 Å². The number of benzene rings is 1. The Hall–Kier alpha value is -2.27. The minimum Gasteiger partial charge on any atom is -0.508 e. The molecule has 0 aliphatic heterocycles. The highest BCUT2D eigenvalue weighted by molar-refractivity contribution is 6.04. The second-order valence-corrected chi connectivity index (χ2v) is 3.87. The number of aliphatic hydroxyl groups excluding tert-OH is 1. The third-order valence-corrected chi connectivity index (χ3v) is 2.87. The standard InChI is InChI=1S/C12H10N2O3/c15-6-14-4-3-8-9-5-7(16)1-2-10(9)13-12(17)11(8)14/h1-5,15-16H,6H2,(H,13,17). The molecule has 0 atom stereocenters. The van der Waals surface area contributed by atoms with Crippen molar-refractivity contribution in [2.75, 3.05) is 0 Å². The number of nitrogens with one attached hydrogen (secondary N) is 1. The maximum absolute atomic E-state index is 11.9. The summed E-state index contributed by atoms with van der Waals surface area (Å²) >= 11 is 0. The van der Waals surface area contributed by atoms with Crippen molar-refractivity contribution in [3.05, 3.63) is 40.8 Å². The number of phenolic OH excluding ortho intramolecular Hbond substituents is 1. The molecule has 0 aliphatic carbocycles. The van der Waals surface area contributed by atoms with Gasteiger partial charge in [0.2, 0.25) is 0 Å². The van der Waals surface area contributed by atoms with Crippen LogP contribution in [0.2, 0.25) is 0 Å². The molecule has 0 radical (unpaired) electrons. The van der Waals surface area contributed by atoms with Crippen LogP contribution in [0.15, 0.2) is 35.3 Å². The van der Waals surface area contributed by atoms with E-state index in [0.717, 1.165) is 5.39 Å². The summed E-state index contributed by atoms with van der Waals surface area (Å²) in [7, 11) is 0. The fourth-order valence-corrected chi connectivity index (χ4v) is 2.11. The van der Waals surface area contributed by atoms with Gasteiger partial charge in [-0.05, 0) is 24.3 Å². The van der Waals surface area contributed by atoms with Crippen molar-refractivity contribution in [2.24, 2.45) is 0 Å². The predicted molar refractivity (Wildman–Crippen MR) is 63.9 cm³/mol. The van der Waals surface area contributed by atoms with E-state index >= 15 is 0 Å². The van der Waals surface area contributed by atoms with Crippen LogP contribution in [-0.2, 0) is 6.73 Å². The van der Waals surface area contributed by atoms with Crippen molar-refractivity contribution in [1.82, 2.24) is 9.55 Å². The fourth-order valence-electron chi connectivity index (χ4n) is 2.11. The van der Waals surface area contributed by atoms with Gasteiger partial charge in [0.1, 0.15) is 18.0 Å². The first-order valence-electron chi connectivity index (χ1n) is 5.15. The first kappa shape index (κ1) is 9.92. The number of hydrogen-bond donors (Lipinski definition) is 3. The van der Waals surface area contributed by atoms with Crippen LogP contribution in [0.3, 0.4) is 0 Å². The number of aromatic hydroxyl groups is 1. The van der Waals surface area contributed by atoms with Crippen LogP contribution >= 0.6 is 0 Å². The van der Waals surface area contributed by atoms with E-state index in [9.17, 15) is 9.90 Å². The molecule has 3 aromatic rings. The molecular formula is C12H10N2O3. The summed E-state index contributed by atoms with van der Waals surface area (Å²) in [6.45, 7) is -0.253. The molecule has 86 valence electrons. The molecule has 1 aromatic carbocycles. The Morgan fingerprint density at radius 2 is 2.06 bits per heavy atom. The Labute approximate surface area is 95.5 Å². The highest BCUT2D eigenvalue weighted by Crippen LogP contribution is 2.25. The van der Waals surface area contributed by atoms with Gasteiger partial charge in [0.05, 0.1) is 0 Å². The third kappa shape index (κ3) is 1.33. The number of hydrogen-bond acceptors (Lipinski definition) is 3. The van der Waals surface area contributed by atoms with E-state index in [0.29, 0.717) is 16.4 Å². The number of rotatable bonds is 1. The molecular weight excluding hydrogens is 220 g/mol. The molecule has 0 unspecified atom stereocenters. The predicted octanol–water partition coefficient (Wildman–Crippen LogP) is 1.14. The van der Waals surface area contributed by atoms with Crippen LogP contribution < -0.4 is 5.56 Å². The van der Waals surface area contributed by atoms with Gasteiger partial charge in [0.15, 0.2) is 0 Å². The molecule has 0 fully saturated rings. The summed E-state index contributed by atoms with van der Waals surface area (Å²) in [5.41, 5.74) is 0.818. The zero-order valence-electron chi connectivity index (χ0n) is 8.84. The van der Waals surface area contributed by atoms with Crippen LogP contribution in [0.25, 0.3) is 21.8 Å². The SMILES string of the molecule is O=c1[nH]c2ccc(O)cc2c2ccn(CO)c12. The lowest BCUT2D eigenvalue weighted by atomic mass is 10.1. The Morgan fingerprint density at radius 3 is 2.82 bits per heavy atom. The second kappa shape index (κ2) is 3.36. The van der Waals surface area contributed by atoms with Gasteiger partial charge in [-0.15, -0.1) is 0 Å². The van der Waals surface area contributed by atoms with E-state index in [1.165, 1.54) is 10.6 Å². The molecule has 2 aromatic heterocycles.